The zero-order valence-corrected chi connectivity index (χ0v) is 14.8. The van der Waals surface area contributed by atoms with Gasteiger partial charge in [-0.1, -0.05) is 19.1 Å². The standard InChI is InChI=1S/C18H17BrN2O3/c1-2-9-21-15-8-7-12(10-16(15)24-11-17(21)22)20-18(23)13-5-3-4-6-14(13)19/h3-8,10H,2,9,11H2,1H3,(H,20,23). The summed E-state index contributed by atoms with van der Waals surface area (Å²) < 4.78 is 6.25. The molecule has 0 radical (unpaired) electrons. The molecule has 124 valence electrons. The van der Waals surface area contributed by atoms with Crippen molar-refractivity contribution in [3.63, 3.8) is 0 Å². The van der Waals surface area contributed by atoms with E-state index in [1.807, 2.05) is 25.1 Å². The lowest BCUT2D eigenvalue weighted by molar-refractivity contribution is -0.121. The number of carbonyl (C=O) groups excluding carboxylic acids is 2. The number of carbonyl (C=O) groups is 2. The molecule has 0 fully saturated rings. The maximum atomic E-state index is 12.4. The Balaban J connectivity index is 1.83. The number of rotatable bonds is 4. The van der Waals surface area contributed by atoms with Crippen LogP contribution in [0.4, 0.5) is 11.4 Å². The number of anilines is 2. The van der Waals surface area contributed by atoms with Crippen LogP contribution in [-0.2, 0) is 4.79 Å². The molecule has 0 aromatic heterocycles. The zero-order valence-electron chi connectivity index (χ0n) is 13.2. The van der Waals surface area contributed by atoms with Crippen molar-refractivity contribution in [2.45, 2.75) is 13.3 Å². The third-order valence-electron chi connectivity index (χ3n) is 3.73. The summed E-state index contributed by atoms with van der Waals surface area (Å²) in [5.41, 5.74) is 1.92. The molecule has 2 aromatic rings. The summed E-state index contributed by atoms with van der Waals surface area (Å²) in [6.07, 6.45) is 0.867. The van der Waals surface area contributed by atoms with Crippen LogP contribution in [0.2, 0.25) is 0 Å². The first-order valence-corrected chi connectivity index (χ1v) is 8.52. The Morgan fingerprint density at radius 3 is 2.83 bits per heavy atom. The Labute approximate surface area is 148 Å². The molecule has 5 nitrogen and oxygen atoms in total. The van der Waals surface area contributed by atoms with Crippen molar-refractivity contribution in [2.24, 2.45) is 0 Å². The number of hydrogen-bond acceptors (Lipinski definition) is 3. The van der Waals surface area contributed by atoms with Crippen LogP contribution < -0.4 is 15.0 Å². The molecule has 2 amide bonds. The molecule has 2 aromatic carbocycles. The molecule has 1 aliphatic rings. The first-order chi connectivity index (χ1) is 11.6. The van der Waals surface area contributed by atoms with Gasteiger partial charge in [-0.3, -0.25) is 9.59 Å². The van der Waals surface area contributed by atoms with Gasteiger partial charge < -0.3 is 15.0 Å². The summed E-state index contributed by atoms with van der Waals surface area (Å²) in [6, 6.07) is 12.6. The Morgan fingerprint density at radius 2 is 2.08 bits per heavy atom. The predicted molar refractivity (Wildman–Crippen MR) is 96.7 cm³/mol. The minimum absolute atomic E-state index is 0.0225. The molecular formula is C18H17BrN2O3. The monoisotopic (exact) mass is 388 g/mol. The normalized spacial score (nSPS) is 13.2. The lowest BCUT2D eigenvalue weighted by Crippen LogP contribution is -2.39. The van der Waals surface area contributed by atoms with Gasteiger partial charge in [0.25, 0.3) is 11.8 Å². The van der Waals surface area contributed by atoms with Crippen LogP contribution in [0.1, 0.15) is 23.7 Å². The van der Waals surface area contributed by atoms with Gasteiger partial charge in [0.1, 0.15) is 5.75 Å². The summed E-state index contributed by atoms with van der Waals surface area (Å²) in [5.74, 6) is 0.349. The highest BCUT2D eigenvalue weighted by Crippen LogP contribution is 2.34. The highest BCUT2D eigenvalue weighted by Gasteiger charge is 2.25. The fraction of sp³-hybridized carbons (Fsp3) is 0.222. The van der Waals surface area contributed by atoms with Gasteiger partial charge in [0, 0.05) is 22.8 Å². The zero-order chi connectivity index (χ0) is 17.1. The van der Waals surface area contributed by atoms with Gasteiger partial charge >= 0.3 is 0 Å². The maximum Gasteiger partial charge on any atom is 0.265 e. The van der Waals surface area contributed by atoms with Crippen LogP contribution in [0.25, 0.3) is 0 Å². The summed E-state index contributed by atoms with van der Waals surface area (Å²) in [6.45, 7) is 2.70. The second-order valence-electron chi connectivity index (χ2n) is 5.45. The van der Waals surface area contributed by atoms with E-state index in [2.05, 4.69) is 21.2 Å². The lowest BCUT2D eigenvalue weighted by Gasteiger charge is -2.29. The minimum atomic E-state index is -0.209. The quantitative estimate of drug-likeness (QED) is 0.865. The summed E-state index contributed by atoms with van der Waals surface area (Å²) in [5, 5.41) is 2.85. The minimum Gasteiger partial charge on any atom is -0.481 e. The Kier molecular flexibility index (Phi) is 4.85. The summed E-state index contributed by atoms with van der Waals surface area (Å²) in [4.78, 5) is 26.1. The Bertz CT molecular complexity index is 792. The van der Waals surface area contributed by atoms with E-state index < -0.39 is 0 Å². The van der Waals surface area contributed by atoms with Gasteiger partial charge in [0.05, 0.1) is 11.3 Å². The number of hydrogen-bond donors (Lipinski definition) is 1. The maximum absolute atomic E-state index is 12.4. The lowest BCUT2D eigenvalue weighted by atomic mass is 10.1. The van der Waals surface area contributed by atoms with Gasteiger partial charge in [-0.05, 0) is 46.6 Å². The highest BCUT2D eigenvalue weighted by atomic mass is 79.9. The van der Waals surface area contributed by atoms with E-state index in [-0.39, 0.29) is 18.4 Å². The first kappa shape index (κ1) is 16.5. The molecule has 0 saturated carbocycles. The van der Waals surface area contributed by atoms with Crippen molar-refractivity contribution in [3.05, 3.63) is 52.5 Å². The van der Waals surface area contributed by atoms with Crippen molar-refractivity contribution in [1.29, 1.82) is 0 Å². The topological polar surface area (TPSA) is 58.6 Å². The molecule has 0 saturated heterocycles. The number of ether oxygens (including phenoxy) is 1. The van der Waals surface area contributed by atoms with Crippen LogP contribution in [0.5, 0.6) is 5.75 Å². The van der Waals surface area contributed by atoms with Crippen molar-refractivity contribution < 1.29 is 14.3 Å². The average Bonchev–Trinajstić information content (AvgIpc) is 2.58. The molecule has 3 rings (SSSR count). The van der Waals surface area contributed by atoms with Gasteiger partial charge in [0.2, 0.25) is 0 Å². The van der Waals surface area contributed by atoms with E-state index in [4.69, 9.17) is 4.74 Å². The summed E-state index contributed by atoms with van der Waals surface area (Å²) in [7, 11) is 0. The number of benzene rings is 2. The third-order valence-corrected chi connectivity index (χ3v) is 4.42. The third kappa shape index (κ3) is 3.28. The van der Waals surface area contributed by atoms with Crippen molar-refractivity contribution >= 4 is 39.1 Å². The smallest absolute Gasteiger partial charge is 0.265 e. The molecule has 0 bridgehead atoms. The van der Waals surface area contributed by atoms with E-state index in [0.29, 0.717) is 23.5 Å². The molecule has 1 aliphatic heterocycles. The second-order valence-corrected chi connectivity index (χ2v) is 6.30. The van der Waals surface area contributed by atoms with Crippen LogP contribution in [-0.4, -0.2) is 25.0 Å². The number of halogens is 1. The molecular weight excluding hydrogens is 372 g/mol. The average molecular weight is 389 g/mol. The van der Waals surface area contributed by atoms with Crippen LogP contribution in [0.15, 0.2) is 46.9 Å². The Hall–Kier alpha value is -2.34. The van der Waals surface area contributed by atoms with E-state index >= 15 is 0 Å². The van der Waals surface area contributed by atoms with E-state index in [0.717, 1.165) is 16.6 Å². The molecule has 0 atom stereocenters. The fourth-order valence-corrected chi connectivity index (χ4v) is 3.06. The molecule has 0 spiro atoms. The summed E-state index contributed by atoms with van der Waals surface area (Å²) >= 11 is 3.37. The molecule has 0 unspecified atom stereocenters. The van der Waals surface area contributed by atoms with E-state index in [1.165, 1.54) is 0 Å². The van der Waals surface area contributed by atoms with E-state index in [9.17, 15) is 9.59 Å². The van der Waals surface area contributed by atoms with Crippen LogP contribution in [0, 0.1) is 0 Å². The largest absolute Gasteiger partial charge is 0.481 e. The van der Waals surface area contributed by atoms with E-state index in [1.54, 1.807) is 29.2 Å². The van der Waals surface area contributed by atoms with Crippen molar-refractivity contribution in [2.75, 3.05) is 23.4 Å². The number of nitrogens with zero attached hydrogens (tertiary/aromatic N) is 1. The highest BCUT2D eigenvalue weighted by molar-refractivity contribution is 9.10. The van der Waals surface area contributed by atoms with Crippen molar-refractivity contribution in [3.8, 4) is 5.75 Å². The molecule has 0 aliphatic carbocycles. The van der Waals surface area contributed by atoms with Crippen LogP contribution >= 0.6 is 15.9 Å². The van der Waals surface area contributed by atoms with Crippen molar-refractivity contribution in [1.82, 2.24) is 0 Å². The van der Waals surface area contributed by atoms with Gasteiger partial charge in [0.15, 0.2) is 6.61 Å². The number of nitrogens with one attached hydrogen (secondary N) is 1. The molecule has 1 N–H and O–H groups in total. The first-order valence-electron chi connectivity index (χ1n) is 7.73. The number of fused-ring (bicyclic) bond motifs is 1. The van der Waals surface area contributed by atoms with Gasteiger partial charge in [-0.25, -0.2) is 0 Å². The fourth-order valence-electron chi connectivity index (χ4n) is 2.59. The molecule has 24 heavy (non-hydrogen) atoms. The van der Waals surface area contributed by atoms with Gasteiger partial charge in [-0.2, -0.15) is 0 Å². The predicted octanol–water partition coefficient (Wildman–Crippen LogP) is 3.84. The SMILES string of the molecule is CCCN1C(=O)COc2cc(NC(=O)c3ccccc3Br)ccc21. The van der Waals surface area contributed by atoms with Crippen LogP contribution in [0.3, 0.4) is 0 Å². The molecule has 1 heterocycles. The van der Waals surface area contributed by atoms with Gasteiger partial charge in [-0.15, -0.1) is 0 Å². The number of amides is 2. The second kappa shape index (κ2) is 7.05. The molecule has 6 heteroatoms. The Morgan fingerprint density at radius 1 is 1.29 bits per heavy atom.